The van der Waals surface area contributed by atoms with Crippen LogP contribution in [0.2, 0.25) is 0 Å². The average molecular weight is 210 g/mol. The molecule has 1 fully saturated rings. The van der Waals surface area contributed by atoms with Crippen molar-refractivity contribution in [2.75, 3.05) is 33.8 Å². The first-order valence-electron chi connectivity index (χ1n) is 5.26. The van der Waals surface area contributed by atoms with Crippen LogP contribution in [0.15, 0.2) is 6.20 Å². The van der Waals surface area contributed by atoms with Crippen LogP contribution in [0.4, 0.5) is 0 Å². The molecular weight excluding hydrogens is 192 g/mol. The van der Waals surface area contributed by atoms with E-state index in [1.54, 1.807) is 0 Å². The van der Waals surface area contributed by atoms with Gasteiger partial charge >= 0.3 is 0 Å². The molecule has 1 aliphatic rings. The third-order valence-corrected chi connectivity index (χ3v) is 2.37. The Kier molecular flexibility index (Phi) is 3.35. The van der Waals surface area contributed by atoms with Crippen molar-refractivity contribution < 1.29 is 4.74 Å². The Balaban J connectivity index is 1.99. The fourth-order valence-corrected chi connectivity index (χ4v) is 1.70. The second-order valence-corrected chi connectivity index (χ2v) is 4.10. The van der Waals surface area contributed by atoms with Crippen molar-refractivity contribution in [2.24, 2.45) is 0 Å². The number of nitrogens with zero attached hydrogens (tertiary/aromatic N) is 2. The molecule has 1 saturated heterocycles. The van der Waals surface area contributed by atoms with Crippen molar-refractivity contribution >= 4 is 0 Å². The maximum atomic E-state index is 5.61. The van der Waals surface area contributed by atoms with Crippen molar-refractivity contribution in [1.82, 2.24) is 20.2 Å². The predicted molar refractivity (Wildman–Crippen MR) is 57.5 cm³/mol. The minimum Gasteiger partial charge on any atom is -0.368 e. The Labute approximate surface area is 89.8 Å². The van der Waals surface area contributed by atoms with E-state index in [9.17, 15) is 0 Å². The molecule has 0 bridgehead atoms. The van der Waals surface area contributed by atoms with Gasteiger partial charge in [0, 0.05) is 31.5 Å². The van der Waals surface area contributed by atoms with Crippen LogP contribution in [0.1, 0.15) is 17.6 Å². The normalized spacial score (nSPS) is 22.2. The van der Waals surface area contributed by atoms with Crippen LogP contribution in [0.5, 0.6) is 0 Å². The Morgan fingerprint density at radius 1 is 1.60 bits per heavy atom. The summed E-state index contributed by atoms with van der Waals surface area (Å²) in [6, 6.07) is 0. The fourth-order valence-electron chi connectivity index (χ4n) is 1.70. The standard InChI is InChI=1S/C10H18N4O/c1-14(2)7-8-5-12-10(13-8)9-6-11-3-4-15-9/h5,9,11H,3-4,6-7H2,1-2H3,(H,12,13)/t9-/m1/s1. The minimum atomic E-state index is 0.0784. The van der Waals surface area contributed by atoms with Crippen LogP contribution in [-0.4, -0.2) is 48.7 Å². The Morgan fingerprint density at radius 2 is 2.47 bits per heavy atom. The van der Waals surface area contributed by atoms with Gasteiger partial charge < -0.3 is 19.9 Å². The lowest BCUT2D eigenvalue weighted by molar-refractivity contribution is 0.0225. The smallest absolute Gasteiger partial charge is 0.136 e. The number of ether oxygens (including phenoxy) is 1. The molecule has 0 radical (unpaired) electrons. The predicted octanol–water partition coefficient (Wildman–Crippen LogP) is 0.132. The second-order valence-electron chi connectivity index (χ2n) is 4.10. The van der Waals surface area contributed by atoms with Crippen LogP contribution in [0.25, 0.3) is 0 Å². The molecule has 5 nitrogen and oxygen atoms in total. The Bertz CT molecular complexity index is 304. The molecule has 1 atom stereocenters. The highest BCUT2D eigenvalue weighted by atomic mass is 16.5. The third kappa shape index (κ3) is 2.77. The lowest BCUT2D eigenvalue weighted by Gasteiger charge is -2.21. The average Bonchev–Trinajstić information content (AvgIpc) is 2.67. The number of aromatic amines is 1. The molecule has 0 unspecified atom stereocenters. The number of nitrogens with one attached hydrogen (secondary N) is 2. The highest BCUT2D eigenvalue weighted by molar-refractivity contribution is 5.04. The number of rotatable bonds is 3. The Hall–Kier alpha value is -0.910. The summed E-state index contributed by atoms with van der Waals surface area (Å²) in [5.74, 6) is 0.930. The van der Waals surface area contributed by atoms with Crippen molar-refractivity contribution in [1.29, 1.82) is 0 Å². The molecule has 84 valence electrons. The molecule has 15 heavy (non-hydrogen) atoms. The van der Waals surface area contributed by atoms with E-state index in [0.29, 0.717) is 0 Å². The topological polar surface area (TPSA) is 53.2 Å². The van der Waals surface area contributed by atoms with Crippen molar-refractivity contribution in [2.45, 2.75) is 12.6 Å². The minimum absolute atomic E-state index is 0.0784. The summed E-state index contributed by atoms with van der Waals surface area (Å²) >= 11 is 0. The lowest BCUT2D eigenvalue weighted by atomic mass is 10.3. The molecule has 0 saturated carbocycles. The fraction of sp³-hybridized carbons (Fsp3) is 0.700. The zero-order valence-electron chi connectivity index (χ0n) is 9.29. The van der Waals surface area contributed by atoms with Gasteiger partial charge in [0.1, 0.15) is 11.9 Å². The summed E-state index contributed by atoms with van der Waals surface area (Å²) in [7, 11) is 4.08. The summed E-state index contributed by atoms with van der Waals surface area (Å²) < 4.78 is 5.61. The summed E-state index contributed by atoms with van der Waals surface area (Å²) in [6.07, 6.45) is 1.96. The molecule has 2 heterocycles. The number of morpholine rings is 1. The number of imidazole rings is 1. The van der Waals surface area contributed by atoms with E-state index in [1.165, 1.54) is 0 Å². The maximum absolute atomic E-state index is 5.61. The molecule has 1 aromatic heterocycles. The molecule has 1 aromatic rings. The van der Waals surface area contributed by atoms with Crippen molar-refractivity contribution in [3.63, 3.8) is 0 Å². The first-order chi connectivity index (χ1) is 7.25. The highest BCUT2D eigenvalue weighted by Crippen LogP contribution is 2.15. The van der Waals surface area contributed by atoms with Crippen molar-refractivity contribution in [3.8, 4) is 0 Å². The van der Waals surface area contributed by atoms with Gasteiger partial charge in [-0.25, -0.2) is 4.98 Å². The lowest BCUT2D eigenvalue weighted by Crippen LogP contribution is -2.33. The van der Waals surface area contributed by atoms with Gasteiger partial charge in [-0.15, -0.1) is 0 Å². The largest absolute Gasteiger partial charge is 0.368 e. The van der Waals surface area contributed by atoms with E-state index in [-0.39, 0.29) is 6.10 Å². The molecule has 5 heteroatoms. The van der Waals surface area contributed by atoms with Crippen molar-refractivity contribution in [3.05, 3.63) is 17.7 Å². The number of H-pyrrole nitrogens is 1. The van der Waals surface area contributed by atoms with Crippen LogP contribution >= 0.6 is 0 Å². The Morgan fingerprint density at radius 3 is 3.13 bits per heavy atom. The number of aromatic nitrogens is 2. The summed E-state index contributed by atoms with van der Waals surface area (Å²) in [4.78, 5) is 9.75. The molecule has 0 aromatic carbocycles. The van der Waals surface area contributed by atoms with E-state index in [4.69, 9.17) is 4.74 Å². The maximum Gasteiger partial charge on any atom is 0.136 e. The van der Waals surface area contributed by atoms with Crippen LogP contribution < -0.4 is 5.32 Å². The van der Waals surface area contributed by atoms with Gasteiger partial charge in [0.15, 0.2) is 0 Å². The zero-order valence-corrected chi connectivity index (χ0v) is 9.29. The zero-order chi connectivity index (χ0) is 10.7. The monoisotopic (exact) mass is 210 g/mol. The molecule has 0 amide bonds. The molecule has 2 rings (SSSR count). The number of hydrogen-bond acceptors (Lipinski definition) is 4. The molecule has 0 aliphatic carbocycles. The van der Waals surface area contributed by atoms with Crippen LogP contribution in [-0.2, 0) is 11.3 Å². The van der Waals surface area contributed by atoms with Gasteiger partial charge in [0.25, 0.3) is 0 Å². The van der Waals surface area contributed by atoms with E-state index >= 15 is 0 Å². The van der Waals surface area contributed by atoms with Gasteiger partial charge in [-0.05, 0) is 14.1 Å². The van der Waals surface area contributed by atoms with Gasteiger partial charge in [0.2, 0.25) is 0 Å². The SMILES string of the molecule is CN(C)Cc1cnc([C@H]2CNCCO2)[nH]1. The van der Waals surface area contributed by atoms with Gasteiger partial charge in [-0.3, -0.25) is 0 Å². The third-order valence-electron chi connectivity index (χ3n) is 2.37. The van der Waals surface area contributed by atoms with E-state index < -0.39 is 0 Å². The van der Waals surface area contributed by atoms with Crippen LogP contribution in [0, 0.1) is 0 Å². The number of hydrogen-bond donors (Lipinski definition) is 2. The summed E-state index contributed by atoms with van der Waals surface area (Å²) in [6.45, 7) is 3.41. The van der Waals surface area contributed by atoms with Gasteiger partial charge in [0.05, 0.1) is 6.61 Å². The van der Waals surface area contributed by atoms with E-state index in [1.807, 2.05) is 20.3 Å². The summed E-state index contributed by atoms with van der Waals surface area (Å²) in [5, 5.41) is 3.29. The van der Waals surface area contributed by atoms with Gasteiger partial charge in [-0.1, -0.05) is 0 Å². The van der Waals surface area contributed by atoms with E-state index in [2.05, 4.69) is 20.2 Å². The first kappa shape index (κ1) is 10.6. The van der Waals surface area contributed by atoms with E-state index in [0.717, 1.165) is 37.8 Å². The summed E-state index contributed by atoms with van der Waals surface area (Å²) in [5.41, 5.74) is 1.13. The highest BCUT2D eigenvalue weighted by Gasteiger charge is 2.18. The molecule has 1 aliphatic heterocycles. The van der Waals surface area contributed by atoms with Crippen LogP contribution in [0.3, 0.4) is 0 Å². The second kappa shape index (κ2) is 4.74. The molecular formula is C10H18N4O. The first-order valence-corrected chi connectivity index (χ1v) is 5.26. The molecule has 0 spiro atoms. The van der Waals surface area contributed by atoms with Gasteiger partial charge in [-0.2, -0.15) is 0 Å². The quantitative estimate of drug-likeness (QED) is 0.744. The molecule has 2 N–H and O–H groups in total.